The normalized spacial score (nSPS) is 14.4. The number of sulfone groups is 1. The molecule has 0 aliphatic rings. The number of hydrogen-bond donors (Lipinski definition) is 1. The van der Waals surface area contributed by atoms with Crippen LogP contribution in [0, 0.1) is 0 Å². The number of nitrogens with one attached hydrogen (secondary N) is 1. The van der Waals surface area contributed by atoms with Crippen LogP contribution in [-0.2, 0) is 19.4 Å². The molecule has 1 aromatic rings. The Morgan fingerprint density at radius 3 is 2.43 bits per heavy atom. The average molecular weight is 313 g/mol. The molecule has 5 nitrogen and oxygen atoms in total. The second-order valence-electron chi connectivity index (χ2n) is 4.84. The molecule has 2 atom stereocenters. The van der Waals surface area contributed by atoms with Crippen LogP contribution in [0.5, 0.6) is 0 Å². The first-order valence-corrected chi connectivity index (χ1v) is 8.70. The summed E-state index contributed by atoms with van der Waals surface area (Å²) in [6, 6.07) is 9.17. The van der Waals surface area contributed by atoms with Crippen molar-refractivity contribution in [1.29, 1.82) is 0 Å². The molecule has 0 aromatic heterocycles. The molecule has 2 unspecified atom stereocenters. The third kappa shape index (κ3) is 5.13. The van der Waals surface area contributed by atoms with Crippen molar-refractivity contribution in [3.63, 3.8) is 0 Å². The van der Waals surface area contributed by atoms with E-state index in [9.17, 15) is 13.2 Å². The van der Waals surface area contributed by atoms with E-state index in [1.165, 1.54) is 7.11 Å². The van der Waals surface area contributed by atoms with Gasteiger partial charge in [-0.1, -0.05) is 37.3 Å². The van der Waals surface area contributed by atoms with Gasteiger partial charge in [0.05, 0.1) is 24.5 Å². The van der Waals surface area contributed by atoms with Gasteiger partial charge in [-0.05, 0) is 19.0 Å². The zero-order valence-electron chi connectivity index (χ0n) is 12.7. The van der Waals surface area contributed by atoms with Crippen LogP contribution in [0.2, 0.25) is 0 Å². The Labute approximate surface area is 126 Å². The van der Waals surface area contributed by atoms with E-state index >= 15 is 0 Å². The maximum atomic E-state index is 12.4. The van der Waals surface area contributed by atoms with Crippen molar-refractivity contribution in [3.8, 4) is 0 Å². The van der Waals surface area contributed by atoms with E-state index in [1.54, 1.807) is 6.92 Å². The summed E-state index contributed by atoms with van der Waals surface area (Å²) in [6.45, 7) is 4.27. The Kier molecular flexibility index (Phi) is 6.84. The van der Waals surface area contributed by atoms with E-state index in [-0.39, 0.29) is 18.2 Å². The number of carbonyl (C=O) groups is 1. The Balaban J connectivity index is 2.90. The Morgan fingerprint density at radius 1 is 1.29 bits per heavy atom. The van der Waals surface area contributed by atoms with Crippen LogP contribution in [-0.4, -0.2) is 39.0 Å². The molecule has 1 rings (SSSR count). The molecule has 0 heterocycles. The minimum Gasteiger partial charge on any atom is -0.469 e. The first-order chi connectivity index (χ1) is 9.92. The third-order valence-corrected chi connectivity index (χ3v) is 5.62. The zero-order chi connectivity index (χ0) is 15.9. The van der Waals surface area contributed by atoms with Crippen molar-refractivity contribution in [2.45, 2.75) is 31.6 Å². The van der Waals surface area contributed by atoms with Gasteiger partial charge < -0.3 is 10.1 Å². The highest BCUT2D eigenvalue weighted by Gasteiger charge is 2.30. The van der Waals surface area contributed by atoms with E-state index < -0.39 is 21.1 Å². The van der Waals surface area contributed by atoms with Crippen LogP contribution in [0.25, 0.3) is 0 Å². The molecule has 0 radical (unpaired) electrons. The summed E-state index contributed by atoms with van der Waals surface area (Å²) < 4.78 is 29.3. The summed E-state index contributed by atoms with van der Waals surface area (Å²) in [5.74, 6) is -0.708. The second-order valence-corrected chi connectivity index (χ2v) is 7.32. The topological polar surface area (TPSA) is 72.5 Å². The highest BCUT2D eigenvalue weighted by atomic mass is 32.2. The van der Waals surface area contributed by atoms with Crippen molar-refractivity contribution in [2.24, 2.45) is 0 Å². The third-order valence-electron chi connectivity index (χ3n) is 3.44. The fraction of sp³-hybridized carbons (Fsp3) is 0.533. The number of esters is 1. The molecule has 1 aromatic carbocycles. The van der Waals surface area contributed by atoms with Gasteiger partial charge in [-0.2, -0.15) is 0 Å². The average Bonchev–Trinajstić information content (AvgIpc) is 2.50. The SMILES string of the molecule is CCNC(c1ccccc1)C(C)S(=O)(=O)CCC(=O)OC. The van der Waals surface area contributed by atoms with Crippen molar-refractivity contribution in [1.82, 2.24) is 5.32 Å². The lowest BCUT2D eigenvalue weighted by molar-refractivity contribution is -0.140. The maximum absolute atomic E-state index is 12.4. The van der Waals surface area contributed by atoms with Gasteiger partial charge in [-0.25, -0.2) is 8.42 Å². The number of rotatable bonds is 8. The molecular formula is C15H23NO4S. The van der Waals surface area contributed by atoms with Gasteiger partial charge in [-0.3, -0.25) is 4.79 Å². The van der Waals surface area contributed by atoms with Crippen LogP contribution in [0.4, 0.5) is 0 Å². The van der Waals surface area contributed by atoms with Gasteiger partial charge >= 0.3 is 5.97 Å². The Morgan fingerprint density at radius 2 is 1.90 bits per heavy atom. The van der Waals surface area contributed by atoms with Gasteiger partial charge in [0, 0.05) is 6.04 Å². The molecular weight excluding hydrogens is 290 g/mol. The molecule has 21 heavy (non-hydrogen) atoms. The summed E-state index contributed by atoms with van der Waals surface area (Å²) in [7, 11) is -2.14. The van der Waals surface area contributed by atoms with Gasteiger partial charge in [0.25, 0.3) is 0 Å². The smallest absolute Gasteiger partial charge is 0.306 e. The van der Waals surface area contributed by atoms with E-state index in [1.807, 2.05) is 37.3 Å². The fourth-order valence-electron chi connectivity index (χ4n) is 2.16. The highest BCUT2D eigenvalue weighted by Crippen LogP contribution is 2.23. The second kappa shape index (κ2) is 8.14. The first kappa shape index (κ1) is 17.7. The lowest BCUT2D eigenvalue weighted by atomic mass is 10.0. The number of carbonyl (C=O) groups excluding carboxylic acids is 1. The predicted octanol–water partition coefficient (Wildman–Crippen LogP) is 1.70. The van der Waals surface area contributed by atoms with Crippen LogP contribution >= 0.6 is 0 Å². The molecule has 0 fully saturated rings. The highest BCUT2D eigenvalue weighted by molar-refractivity contribution is 7.92. The molecule has 0 amide bonds. The number of methoxy groups -OCH3 is 1. The quantitative estimate of drug-likeness (QED) is 0.740. The Bertz CT molecular complexity index is 542. The molecule has 1 N–H and O–H groups in total. The Hall–Kier alpha value is -1.40. The monoisotopic (exact) mass is 313 g/mol. The largest absolute Gasteiger partial charge is 0.469 e. The molecule has 0 spiro atoms. The van der Waals surface area contributed by atoms with Crippen LogP contribution in [0.3, 0.4) is 0 Å². The predicted molar refractivity (Wildman–Crippen MR) is 82.7 cm³/mol. The summed E-state index contributed by atoms with van der Waals surface area (Å²) in [4.78, 5) is 11.1. The maximum Gasteiger partial charge on any atom is 0.306 e. The molecule has 6 heteroatoms. The minimum absolute atomic E-state index is 0.114. The number of ether oxygens (including phenoxy) is 1. The van der Waals surface area contributed by atoms with Crippen LogP contribution in [0.1, 0.15) is 31.9 Å². The van der Waals surface area contributed by atoms with Gasteiger partial charge in [0.1, 0.15) is 0 Å². The van der Waals surface area contributed by atoms with Crippen molar-refractivity contribution in [3.05, 3.63) is 35.9 Å². The van der Waals surface area contributed by atoms with E-state index in [0.717, 1.165) is 5.56 Å². The lowest BCUT2D eigenvalue weighted by Gasteiger charge is -2.25. The summed E-state index contributed by atoms with van der Waals surface area (Å²) in [5.41, 5.74) is 0.925. The van der Waals surface area contributed by atoms with E-state index in [4.69, 9.17) is 0 Å². The van der Waals surface area contributed by atoms with Crippen molar-refractivity contribution < 1.29 is 17.9 Å². The van der Waals surface area contributed by atoms with Crippen LogP contribution < -0.4 is 5.32 Å². The summed E-state index contributed by atoms with van der Waals surface area (Å²) in [6.07, 6.45) is -0.114. The number of benzene rings is 1. The zero-order valence-corrected chi connectivity index (χ0v) is 13.5. The molecule has 0 saturated heterocycles. The number of hydrogen-bond acceptors (Lipinski definition) is 5. The molecule has 118 valence electrons. The molecule has 0 aliphatic heterocycles. The lowest BCUT2D eigenvalue weighted by Crippen LogP contribution is -2.37. The van der Waals surface area contributed by atoms with Crippen molar-refractivity contribution >= 4 is 15.8 Å². The summed E-state index contributed by atoms with van der Waals surface area (Å²) in [5, 5.41) is 2.59. The van der Waals surface area contributed by atoms with E-state index in [0.29, 0.717) is 6.54 Å². The van der Waals surface area contributed by atoms with Crippen molar-refractivity contribution in [2.75, 3.05) is 19.4 Å². The van der Waals surface area contributed by atoms with Gasteiger partial charge in [-0.15, -0.1) is 0 Å². The van der Waals surface area contributed by atoms with Gasteiger partial charge in [0.15, 0.2) is 9.84 Å². The van der Waals surface area contributed by atoms with Crippen LogP contribution in [0.15, 0.2) is 30.3 Å². The standard InChI is InChI=1S/C15H23NO4S/c1-4-16-15(13-8-6-5-7-9-13)12(2)21(18,19)11-10-14(17)20-3/h5-9,12,15-16H,4,10-11H2,1-3H3. The molecule has 0 aliphatic carbocycles. The summed E-state index contributed by atoms with van der Waals surface area (Å²) >= 11 is 0. The minimum atomic E-state index is -3.40. The molecule has 0 saturated carbocycles. The first-order valence-electron chi connectivity index (χ1n) is 6.99. The molecule has 0 bridgehead atoms. The fourth-order valence-corrected chi connectivity index (χ4v) is 3.65. The van der Waals surface area contributed by atoms with E-state index in [2.05, 4.69) is 10.1 Å². The van der Waals surface area contributed by atoms with Gasteiger partial charge in [0.2, 0.25) is 0 Å².